The Kier molecular flexibility index (Phi) is 8.14. The van der Waals surface area contributed by atoms with E-state index in [0.29, 0.717) is 32.3 Å². The van der Waals surface area contributed by atoms with Crippen molar-refractivity contribution >= 4 is 71.2 Å². The average Bonchev–Trinajstić information content (AvgIpc) is 3.49. The SMILES string of the molecule is CCOC(=O)C1=C(C)N=c2s/c(=C\c3cc(Br)c(OC)c(Br)c3)c(=O)n2[C@H]1c1ccc(-c2ccc(Br)cc2)o1. The molecule has 2 aromatic carbocycles. The third kappa shape index (κ3) is 5.37. The van der Waals surface area contributed by atoms with Crippen LogP contribution in [0.1, 0.15) is 31.2 Å². The fourth-order valence-electron chi connectivity index (χ4n) is 4.34. The first-order valence-corrected chi connectivity index (χ1v) is 15.0. The largest absolute Gasteiger partial charge is 0.494 e. The van der Waals surface area contributed by atoms with Gasteiger partial charge in [-0.1, -0.05) is 39.4 Å². The number of hydrogen-bond acceptors (Lipinski definition) is 7. The van der Waals surface area contributed by atoms with Crippen LogP contribution in [-0.2, 0) is 9.53 Å². The van der Waals surface area contributed by atoms with Crippen molar-refractivity contribution in [2.75, 3.05) is 13.7 Å². The highest BCUT2D eigenvalue weighted by atomic mass is 79.9. The molecule has 0 radical (unpaired) electrons. The number of thiazole rings is 1. The molecule has 1 aliphatic heterocycles. The zero-order valence-electron chi connectivity index (χ0n) is 21.0. The zero-order valence-corrected chi connectivity index (χ0v) is 26.5. The zero-order chi connectivity index (χ0) is 27.8. The smallest absolute Gasteiger partial charge is 0.338 e. The van der Waals surface area contributed by atoms with E-state index in [4.69, 9.17) is 13.9 Å². The molecule has 1 atom stereocenters. The van der Waals surface area contributed by atoms with Crippen LogP contribution in [0.25, 0.3) is 17.4 Å². The summed E-state index contributed by atoms with van der Waals surface area (Å²) in [6.07, 6.45) is 1.79. The molecule has 0 fully saturated rings. The summed E-state index contributed by atoms with van der Waals surface area (Å²) in [4.78, 5) is 32.1. The number of hydrogen-bond donors (Lipinski definition) is 0. The van der Waals surface area contributed by atoms with Gasteiger partial charge in [-0.05, 0) is 93.7 Å². The van der Waals surface area contributed by atoms with Crippen LogP contribution in [0.5, 0.6) is 5.75 Å². The normalized spacial score (nSPS) is 15.2. The second-order valence-corrected chi connectivity index (χ2v) is 12.2. The van der Waals surface area contributed by atoms with Crippen LogP contribution in [-0.4, -0.2) is 24.3 Å². The lowest BCUT2D eigenvalue weighted by Crippen LogP contribution is -2.39. The Morgan fingerprint density at radius 2 is 1.82 bits per heavy atom. The number of rotatable bonds is 6. The Morgan fingerprint density at radius 1 is 1.13 bits per heavy atom. The van der Waals surface area contributed by atoms with Crippen LogP contribution >= 0.6 is 59.1 Å². The maximum Gasteiger partial charge on any atom is 0.338 e. The minimum Gasteiger partial charge on any atom is -0.494 e. The van der Waals surface area contributed by atoms with Gasteiger partial charge in [-0.2, -0.15) is 0 Å². The number of esters is 1. The Hall–Kier alpha value is -2.73. The van der Waals surface area contributed by atoms with Gasteiger partial charge >= 0.3 is 5.97 Å². The first-order valence-electron chi connectivity index (χ1n) is 11.8. The van der Waals surface area contributed by atoms with Gasteiger partial charge in [0.05, 0.1) is 38.5 Å². The summed E-state index contributed by atoms with van der Waals surface area (Å²) < 4.78 is 21.4. The lowest BCUT2D eigenvalue weighted by Gasteiger charge is -2.22. The van der Waals surface area contributed by atoms with Crippen LogP contribution in [0.4, 0.5) is 0 Å². The predicted octanol–water partition coefficient (Wildman–Crippen LogP) is 6.35. The molecule has 7 nitrogen and oxygen atoms in total. The number of nitrogens with zero attached hydrogens (tertiary/aromatic N) is 2. The summed E-state index contributed by atoms with van der Waals surface area (Å²) in [6, 6.07) is 14.2. The van der Waals surface area contributed by atoms with Gasteiger partial charge < -0.3 is 13.9 Å². The van der Waals surface area contributed by atoms with Crippen molar-refractivity contribution < 1.29 is 18.7 Å². The molecule has 1 aliphatic rings. The second kappa shape index (κ2) is 11.4. The highest BCUT2D eigenvalue weighted by Gasteiger charge is 2.35. The van der Waals surface area contributed by atoms with Crippen LogP contribution < -0.4 is 19.6 Å². The molecule has 4 aromatic rings. The molecule has 200 valence electrons. The fourth-order valence-corrected chi connectivity index (χ4v) is 7.20. The van der Waals surface area contributed by atoms with Gasteiger partial charge in [0, 0.05) is 10.0 Å². The molecule has 0 saturated carbocycles. The van der Waals surface area contributed by atoms with Crippen molar-refractivity contribution in [1.29, 1.82) is 0 Å². The minimum atomic E-state index is -0.832. The number of halogens is 3. The molecule has 0 saturated heterocycles. The van der Waals surface area contributed by atoms with E-state index in [0.717, 1.165) is 24.5 Å². The monoisotopic (exact) mass is 734 g/mol. The van der Waals surface area contributed by atoms with Gasteiger partial charge in [-0.15, -0.1) is 0 Å². The topological polar surface area (TPSA) is 83.0 Å². The van der Waals surface area contributed by atoms with Crippen molar-refractivity contribution in [3.63, 3.8) is 0 Å². The summed E-state index contributed by atoms with van der Waals surface area (Å²) in [5, 5.41) is 0. The van der Waals surface area contributed by atoms with E-state index in [2.05, 4.69) is 52.8 Å². The van der Waals surface area contributed by atoms with E-state index >= 15 is 0 Å². The molecule has 3 heterocycles. The van der Waals surface area contributed by atoms with Crippen LogP contribution in [0, 0.1) is 0 Å². The standard InChI is InChI=1S/C28H21Br3N2O5S/c1-4-37-27(35)23-14(2)32-28-33(24(23)21-10-9-20(38-21)16-5-7-17(29)8-6-16)26(34)22(39-28)13-15-11-18(30)25(36-3)19(31)12-15/h5-13,24H,4H2,1-3H3/b22-13-/t24-/m0/s1. The van der Waals surface area contributed by atoms with Crippen LogP contribution in [0.2, 0.25) is 0 Å². The van der Waals surface area contributed by atoms with Gasteiger partial charge in [0.25, 0.3) is 5.56 Å². The number of benzene rings is 2. The minimum absolute atomic E-state index is 0.191. The van der Waals surface area contributed by atoms with Gasteiger partial charge in [-0.25, -0.2) is 9.79 Å². The maximum atomic E-state index is 13.9. The van der Waals surface area contributed by atoms with Gasteiger partial charge in [0.15, 0.2) is 4.80 Å². The van der Waals surface area contributed by atoms with Crippen molar-refractivity contribution in [2.45, 2.75) is 19.9 Å². The molecule has 0 spiro atoms. The third-order valence-corrected chi connectivity index (χ3v) is 8.75. The first kappa shape index (κ1) is 27.8. The molecular formula is C28H21Br3N2O5S. The Balaban J connectivity index is 1.68. The summed E-state index contributed by atoms with van der Waals surface area (Å²) >= 11 is 11.7. The number of methoxy groups -OCH3 is 1. The lowest BCUT2D eigenvalue weighted by molar-refractivity contribution is -0.139. The van der Waals surface area contributed by atoms with Crippen LogP contribution in [0.3, 0.4) is 0 Å². The highest BCUT2D eigenvalue weighted by molar-refractivity contribution is 9.11. The number of ether oxygens (including phenoxy) is 2. The number of furan rings is 1. The van der Waals surface area contributed by atoms with E-state index in [-0.39, 0.29) is 17.7 Å². The quantitative estimate of drug-likeness (QED) is 0.216. The third-order valence-electron chi connectivity index (χ3n) is 6.06. The van der Waals surface area contributed by atoms with Crippen molar-refractivity contribution in [3.05, 3.63) is 104 Å². The fraction of sp³-hybridized carbons (Fsp3) is 0.179. The van der Waals surface area contributed by atoms with Crippen molar-refractivity contribution in [2.24, 2.45) is 4.99 Å². The molecule has 5 rings (SSSR count). The van der Waals surface area contributed by atoms with E-state index < -0.39 is 12.0 Å². The summed E-state index contributed by atoms with van der Waals surface area (Å²) in [5.41, 5.74) is 2.10. The van der Waals surface area contributed by atoms with E-state index in [9.17, 15) is 9.59 Å². The summed E-state index contributed by atoms with van der Waals surface area (Å²) in [6.45, 7) is 3.67. The molecule has 0 amide bonds. The molecular weight excluding hydrogens is 716 g/mol. The molecule has 0 bridgehead atoms. The van der Waals surface area contributed by atoms with E-state index in [1.165, 1.54) is 15.9 Å². The van der Waals surface area contributed by atoms with Crippen molar-refractivity contribution in [3.8, 4) is 17.1 Å². The van der Waals surface area contributed by atoms with Gasteiger partial charge in [0.1, 0.15) is 23.3 Å². The number of aromatic nitrogens is 1. The maximum absolute atomic E-state index is 13.9. The van der Waals surface area contributed by atoms with E-state index in [1.807, 2.05) is 42.5 Å². The van der Waals surface area contributed by atoms with Gasteiger partial charge in [0.2, 0.25) is 0 Å². The molecule has 0 unspecified atom stereocenters. The number of carbonyl (C=O) groups is 1. The number of allylic oxidation sites excluding steroid dienone is 1. The summed E-state index contributed by atoms with van der Waals surface area (Å²) in [5.74, 6) is 1.17. The predicted molar refractivity (Wildman–Crippen MR) is 161 cm³/mol. The molecule has 0 aliphatic carbocycles. The van der Waals surface area contributed by atoms with Crippen molar-refractivity contribution in [1.82, 2.24) is 4.57 Å². The second-order valence-electron chi connectivity index (χ2n) is 8.53. The number of carbonyl (C=O) groups excluding carboxylic acids is 1. The lowest BCUT2D eigenvalue weighted by atomic mass is 10.0. The highest BCUT2D eigenvalue weighted by Crippen LogP contribution is 2.36. The molecule has 2 aromatic heterocycles. The Labute approximate surface area is 252 Å². The first-order chi connectivity index (χ1) is 18.7. The van der Waals surface area contributed by atoms with E-state index in [1.54, 1.807) is 33.1 Å². The van der Waals surface area contributed by atoms with Crippen LogP contribution in [0.15, 0.2) is 87.4 Å². The molecule has 39 heavy (non-hydrogen) atoms. The Bertz CT molecular complexity index is 1780. The summed E-state index contributed by atoms with van der Waals surface area (Å²) in [7, 11) is 1.59. The van der Waals surface area contributed by atoms with Gasteiger partial charge in [-0.3, -0.25) is 9.36 Å². The number of fused-ring (bicyclic) bond motifs is 1. The molecule has 0 N–H and O–H groups in total. The molecule has 11 heteroatoms. The Morgan fingerprint density at radius 3 is 2.46 bits per heavy atom. The average molecular weight is 737 g/mol.